The van der Waals surface area contributed by atoms with Crippen LogP contribution in [-0.2, 0) is 10.2 Å². The van der Waals surface area contributed by atoms with Gasteiger partial charge in [0.05, 0.1) is 12.3 Å². The lowest BCUT2D eigenvalue weighted by atomic mass is 9.92. The summed E-state index contributed by atoms with van der Waals surface area (Å²) in [5, 5.41) is 0. The zero-order valence-corrected chi connectivity index (χ0v) is 14.8. The van der Waals surface area contributed by atoms with Crippen LogP contribution >= 0.6 is 15.9 Å². The lowest BCUT2D eigenvalue weighted by Crippen LogP contribution is -2.40. The van der Waals surface area contributed by atoms with Crippen molar-refractivity contribution in [1.82, 2.24) is 14.9 Å². The van der Waals surface area contributed by atoms with E-state index in [4.69, 9.17) is 4.74 Å². The van der Waals surface area contributed by atoms with Crippen molar-refractivity contribution in [1.29, 1.82) is 0 Å². The average Bonchev–Trinajstić information content (AvgIpc) is 2.41. The quantitative estimate of drug-likeness (QED) is 0.903. The van der Waals surface area contributed by atoms with E-state index in [1.54, 1.807) is 0 Å². The predicted molar refractivity (Wildman–Crippen MR) is 86.7 cm³/mol. The molecule has 1 aliphatic rings. The van der Waals surface area contributed by atoms with Crippen molar-refractivity contribution in [2.24, 2.45) is 0 Å². The number of ether oxygens (including phenoxy) is 1. The molecule has 0 radical (unpaired) electrons. The van der Waals surface area contributed by atoms with E-state index >= 15 is 0 Å². The lowest BCUT2D eigenvalue weighted by molar-refractivity contribution is -0.0345. The number of morpholine rings is 1. The van der Waals surface area contributed by atoms with Crippen LogP contribution in [0.15, 0.2) is 9.27 Å². The minimum absolute atomic E-state index is 0.138. The van der Waals surface area contributed by atoms with Gasteiger partial charge in [0.2, 0.25) is 0 Å². The van der Waals surface area contributed by atoms with Gasteiger partial charge in [-0.2, -0.15) is 0 Å². The minimum Gasteiger partial charge on any atom is -0.368 e. The van der Waals surface area contributed by atoms with Crippen molar-refractivity contribution in [3.63, 3.8) is 0 Å². The van der Waals surface area contributed by atoms with Crippen LogP contribution in [0.3, 0.4) is 0 Å². The Labute approximate surface area is 134 Å². The molecule has 1 saturated heterocycles. The molecule has 118 valence electrons. The van der Waals surface area contributed by atoms with Crippen LogP contribution in [0.25, 0.3) is 0 Å². The number of aromatic amines is 1. The van der Waals surface area contributed by atoms with E-state index in [0.29, 0.717) is 16.9 Å². The third-order valence-corrected chi connectivity index (χ3v) is 4.32. The first-order valence-corrected chi connectivity index (χ1v) is 8.26. The van der Waals surface area contributed by atoms with Gasteiger partial charge in [-0.1, -0.05) is 27.7 Å². The van der Waals surface area contributed by atoms with E-state index in [1.807, 2.05) is 0 Å². The van der Waals surface area contributed by atoms with Gasteiger partial charge in [0.1, 0.15) is 16.4 Å². The second-order valence-electron chi connectivity index (χ2n) is 6.52. The van der Waals surface area contributed by atoms with Crippen LogP contribution in [0.5, 0.6) is 0 Å². The molecule has 1 aromatic rings. The highest BCUT2D eigenvalue weighted by Gasteiger charge is 2.27. The predicted octanol–water partition coefficient (Wildman–Crippen LogP) is 2.61. The van der Waals surface area contributed by atoms with Crippen molar-refractivity contribution in [3.05, 3.63) is 26.3 Å². The van der Waals surface area contributed by atoms with Crippen molar-refractivity contribution in [2.75, 3.05) is 26.2 Å². The van der Waals surface area contributed by atoms with Gasteiger partial charge in [-0.15, -0.1) is 0 Å². The van der Waals surface area contributed by atoms with E-state index in [1.165, 1.54) is 0 Å². The molecule has 0 aromatic carbocycles. The summed E-state index contributed by atoms with van der Waals surface area (Å²) in [4.78, 5) is 22.0. The zero-order valence-electron chi connectivity index (χ0n) is 13.2. The Balaban J connectivity index is 2.32. The smallest absolute Gasteiger partial charge is 0.265 e. The number of nitrogens with zero attached hydrogens (tertiary/aromatic N) is 2. The molecule has 2 rings (SSSR count). The molecular formula is C15H24BrN3O2. The summed E-state index contributed by atoms with van der Waals surface area (Å²) in [6.07, 6.45) is 0.955. The Morgan fingerprint density at radius 3 is 2.81 bits per heavy atom. The van der Waals surface area contributed by atoms with Crippen LogP contribution in [0.4, 0.5) is 0 Å². The summed E-state index contributed by atoms with van der Waals surface area (Å²) >= 11 is 3.35. The second kappa shape index (κ2) is 6.58. The molecular weight excluding hydrogens is 334 g/mol. The number of hydrogen-bond acceptors (Lipinski definition) is 4. The van der Waals surface area contributed by atoms with E-state index in [2.05, 4.69) is 58.5 Å². The molecule has 0 amide bonds. The fraction of sp³-hybridized carbons (Fsp3) is 0.733. The van der Waals surface area contributed by atoms with Crippen LogP contribution in [0.1, 0.15) is 51.7 Å². The first-order chi connectivity index (χ1) is 9.82. The third kappa shape index (κ3) is 3.93. The van der Waals surface area contributed by atoms with Gasteiger partial charge < -0.3 is 9.72 Å². The van der Waals surface area contributed by atoms with Gasteiger partial charge >= 0.3 is 0 Å². The molecule has 0 saturated carbocycles. The molecule has 6 heteroatoms. The van der Waals surface area contributed by atoms with E-state index < -0.39 is 0 Å². The third-order valence-electron chi connectivity index (χ3n) is 3.59. The standard InChI is InChI=1S/C15H24BrN3O2/c1-5-6-19-7-8-21-10(9-19)13-17-12(15(2,3)4)11(16)14(20)18-13/h10H,5-9H2,1-4H3,(H,17,18,20). The number of halogens is 1. The summed E-state index contributed by atoms with van der Waals surface area (Å²) in [5.74, 6) is 0.633. The molecule has 5 nitrogen and oxygen atoms in total. The number of nitrogens with one attached hydrogen (secondary N) is 1. The zero-order chi connectivity index (χ0) is 15.6. The van der Waals surface area contributed by atoms with Gasteiger partial charge in [0.15, 0.2) is 0 Å². The molecule has 1 fully saturated rings. The fourth-order valence-electron chi connectivity index (χ4n) is 2.51. The van der Waals surface area contributed by atoms with Crippen molar-refractivity contribution < 1.29 is 4.74 Å². The van der Waals surface area contributed by atoms with Crippen LogP contribution < -0.4 is 5.56 Å². The Morgan fingerprint density at radius 2 is 2.19 bits per heavy atom. The Kier molecular flexibility index (Phi) is 5.22. The van der Waals surface area contributed by atoms with E-state index in [9.17, 15) is 4.79 Å². The molecule has 1 aromatic heterocycles. The average molecular weight is 358 g/mol. The van der Waals surface area contributed by atoms with Gasteiger partial charge in [0.25, 0.3) is 5.56 Å². The maximum absolute atomic E-state index is 12.1. The van der Waals surface area contributed by atoms with E-state index in [-0.39, 0.29) is 17.1 Å². The van der Waals surface area contributed by atoms with Crippen molar-refractivity contribution in [3.8, 4) is 0 Å². The summed E-state index contributed by atoms with van der Waals surface area (Å²) in [6, 6.07) is 0. The number of hydrogen-bond donors (Lipinski definition) is 1. The van der Waals surface area contributed by atoms with Gasteiger partial charge in [-0.25, -0.2) is 4.98 Å². The Morgan fingerprint density at radius 1 is 1.48 bits per heavy atom. The molecule has 1 N–H and O–H groups in total. The van der Waals surface area contributed by atoms with Gasteiger partial charge in [-0.3, -0.25) is 9.69 Å². The monoisotopic (exact) mass is 357 g/mol. The molecule has 21 heavy (non-hydrogen) atoms. The van der Waals surface area contributed by atoms with Crippen LogP contribution in [-0.4, -0.2) is 41.1 Å². The van der Waals surface area contributed by atoms with Crippen LogP contribution in [0.2, 0.25) is 0 Å². The van der Waals surface area contributed by atoms with Gasteiger partial charge in [-0.05, 0) is 28.9 Å². The molecule has 0 spiro atoms. The number of H-pyrrole nitrogens is 1. The van der Waals surface area contributed by atoms with Crippen molar-refractivity contribution >= 4 is 15.9 Å². The minimum atomic E-state index is -0.195. The van der Waals surface area contributed by atoms with Crippen molar-refractivity contribution in [2.45, 2.75) is 45.6 Å². The maximum Gasteiger partial charge on any atom is 0.265 e. The molecule has 0 bridgehead atoms. The summed E-state index contributed by atoms with van der Waals surface area (Å²) in [7, 11) is 0. The molecule has 0 aliphatic carbocycles. The summed E-state index contributed by atoms with van der Waals surface area (Å²) in [6.45, 7) is 11.8. The largest absolute Gasteiger partial charge is 0.368 e. The first kappa shape index (κ1) is 16.6. The highest BCUT2D eigenvalue weighted by molar-refractivity contribution is 9.10. The normalized spacial score (nSPS) is 20.7. The molecule has 2 heterocycles. The summed E-state index contributed by atoms with van der Waals surface area (Å²) < 4.78 is 6.33. The van der Waals surface area contributed by atoms with Gasteiger partial charge in [0, 0.05) is 18.5 Å². The topological polar surface area (TPSA) is 58.2 Å². The Hall–Kier alpha value is -0.720. The molecule has 1 atom stereocenters. The number of rotatable bonds is 3. The fourth-order valence-corrected chi connectivity index (χ4v) is 3.30. The first-order valence-electron chi connectivity index (χ1n) is 7.47. The lowest BCUT2D eigenvalue weighted by Gasteiger charge is -2.32. The summed E-state index contributed by atoms with van der Waals surface area (Å²) in [5.41, 5.74) is 0.443. The highest BCUT2D eigenvalue weighted by atomic mass is 79.9. The molecule has 1 aliphatic heterocycles. The number of aromatic nitrogens is 2. The maximum atomic E-state index is 12.1. The van der Waals surface area contributed by atoms with Crippen LogP contribution in [0, 0.1) is 0 Å². The SMILES string of the molecule is CCCN1CCOC(c2nc(C(C)(C)C)c(Br)c(=O)[nH]2)C1. The highest BCUT2D eigenvalue weighted by Crippen LogP contribution is 2.27. The van der Waals surface area contributed by atoms with E-state index in [0.717, 1.165) is 31.7 Å². The molecule has 1 unspecified atom stereocenters. The second-order valence-corrected chi connectivity index (χ2v) is 7.32. The Bertz CT molecular complexity index is 549.